The van der Waals surface area contributed by atoms with Crippen molar-refractivity contribution < 1.29 is 9.21 Å². The number of fused-ring (bicyclic) bond motifs is 3. The van der Waals surface area contributed by atoms with Gasteiger partial charge in [-0.2, -0.15) is 0 Å². The van der Waals surface area contributed by atoms with Gasteiger partial charge in [0.2, 0.25) is 5.88 Å². The Morgan fingerprint density at radius 3 is 3.04 bits per heavy atom. The van der Waals surface area contributed by atoms with E-state index in [0.29, 0.717) is 29.3 Å². The van der Waals surface area contributed by atoms with E-state index in [1.54, 1.807) is 25.7 Å². The first-order chi connectivity index (χ1) is 11.9. The smallest absolute Gasteiger partial charge is 0.255 e. The van der Waals surface area contributed by atoms with Crippen molar-refractivity contribution in [2.24, 2.45) is 9.98 Å². The highest BCUT2D eigenvalue weighted by Gasteiger charge is 2.39. The van der Waals surface area contributed by atoms with Crippen LogP contribution in [0.3, 0.4) is 0 Å². The van der Waals surface area contributed by atoms with Gasteiger partial charge in [-0.3, -0.25) is 14.8 Å². The quantitative estimate of drug-likeness (QED) is 0.932. The van der Waals surface area contributed by atoms with Crippen molar-refractivity contribution in [3.05, 3.63) is 47.0 Å². The molecule has 0 bridgehead atoms. The lowest BCUT2D eigenvalue weighted by atomic mass is 10.1. The molecule has 4 heterocycles. The van der Waals surface area contributed by atoms with Gasteiger partial charge in [0.1, 0.15) is 17.9 Å². The summed E-state index contributed by atoms with van der Waals surface area (Å²) in [6.07, 6.45) is 5.15. The first kappa shape index (κ1) is 15.6. The summed E-state index contributed by atoms with van der Waals surface area (Å²) in [5.74, 6) is 1.53. The number of furan rings is 1. The van der Waals surface area contributed by atoms with Gasteiger partial charge in [-0.05, 0) is 32.4 Å². The Hall–Kier alpha value is -2.96. The molecule has 0 aromatic carbocycles. The maximum atomic E-state index is 12.8. The number of hydrogen-bond donors (Lipinski definition) is 1. The Morgan fingerprint density at radius 1 is 1.44 bits per heavy atom. The summed E-state index contributed by atoms with van der Waals surface area (Å²) in [7, 11) is 0. The molecule has 1 amide bonds. The van der Waals surface area contributed by atoms with E-state index in [4.69, 9.17) is 9.41 Å². The highest BCUT2D eigenvalue weighted by molar-refractivity contribution is 6.17. The first-order valence-electron chi connectivity index (χ1n) is 8.16. The van der Waals surface area contributed by atoms with Gasteiger partial charge in [0.15, 0.2) is 0 Å². The third-order valence-electron chi connectivity index (χ3n) is 4.24. The summed E-state index contributed by atoms with van der Waals surface area (Å²) in [5, 5.41) is 2.93. The van der Waals surface area contributed by atoms with E-state index in [1.807, 2.05) is 17.0 Å². The van der Waals surface area contributed by atoms with Crippen molar-refractivity contribution in [3.63, 3.8) is 0 Å². The number of nitrogens with one attached hydrogen (secondary N) is 1. The van der Waals surface area contributed by atoms with Gasteiger partial charge >= 0.3 is 0 Å². The van der Waals surface area contributed by atoms with Gasteiger partial charge in [0.05, 0.1) is 23.2 Å². The van der Waals surface area contributed by atoms with Crippen molar-refractivity contribution in [2.45, 2.75) is 32.9 Å². The molecular weight excluding hydrogens is 318 g/mol. The predicted molar refractivity (Wildman–Crippen MR) is 94.3 cm³/mol. The zero-order valence-corrected chi connectivity index (χ0v) is 14.4. The average Bonchev–Trinajstić information content (AvgIpc) is 3.08. The van der Waals surface area contributed by atoms with Crippen LogP contribution in [0.2, 0.25) is 0 Å². The largest absolute Gasteiger partial charge is 0.442 e. The van der Waals surface area contributed by atoms with Gasteiger partial charge in [-0.25, -0.2) is 4.99 Å². The number of hydrogen-bond acceptors (Lipinski definition) is 6. The minimum Gasteiger partial charge on any atom is -0.442 e. The average molecular weight is 337 g/mol. The molecule has 0 aliphatic carbocycles. The molecule has 0 atom stereocenters. The molecular formula is C18H19N5O2. The first-order valence-corrected chi connectivity index (χ1v) is 8.16. The molecule has 128 valence electrons. The second-order valence-corrected chi connectivity index (χ2v) is 6.88. The SMILES string of the molecule is Cc1oc2c(c1C(=O)NCc1cccnc1)C1=NC(C)(C)CN1C=N2. The van der Waals surface area contributed by atoms with Crippen LogP contribution >= 0.6 is 0 Å². The molecule has 2 aliphatic heterocycles. The van der Waals surface area contributed by atoms with Crippen LogP contribution in [-0.4, -0.2) is 40.0 Å². The predicted octanol–water partition coefficient (Wildman–Crippen LogP) is 2.43. The van der Waals surface area contributed by atoms with E-state index >= 15 is 0 Å². The Labute approximate surface area is 145 Å². The number of aryl methyl sites for hydroxylation is 1. The maximum Gasteiger partial charge on any atom is 0.255 e. The van der Waals surface area contributed by atoms with Gasteiger partial charge in [-0.1, -0.05) is 6.07 Å². The Kier molecular flexibility index (Phi) is 3.45. The van der Waals surface area contributed by atoms with E-state index in [1.165, 1.54) is 0 Å². The molecule has 0 spiro atoms. The molecule has 0 saturated carbocycles. The molecule has 0 radical (unpaired) electrons. The van der Waals surface area contributed by atoms with Gasteiger partial charge < -0.3 is 14.6 Å². The molecule has 4 rings (SSSR count). The molecule has 2 aromatic rings. The second-order valence-electron chi connectivity index (χ2n) is 6.88. The molecule has 1 N–H and O–H groups in total. The van der Waals surface area contributed by atoms with Crippen LogP contribution < -0.4 is 5.32 Å². The van der Waals surface area contributed by atoms with Crippen molar-refractivity contribution in [1.29, 1.82) is 0 Å². The number of rotatable bonds is 3. The number of nitrogens with zero attached hydrogens (tertiary/aromatic N) is 4. The number of pyridine rings is 1. The lowest BCUT2D eigenvalue weighted by Gasteiger charge is -2.20. The Bertz CT molecular complexity index is 896. The van der Waals surface area contributed by atoms with Gasteiger partial charge in [0.25, 0.3) is 5.91 Å². The number of carbonyl (C=O) groups excluding carboxylic acids is 1. The number of carbonyl (C=O) groups is 1. The van der Waals surface area contributed by atoms with E-state index in [-0.39, 0.29) is 11.4 Å². The zero-order chi connectivity index (χ0) is 17.6. The molecule has 7 nitrogen and oxygen atoms in total. The van der Waals surface area contributed by atoms with Crippen molar-refractivity contribution in [1.82, 2.24) is 15.2 Å². The van der Waals surface area contributed by atoms with Crippen LogP contribution in [0.15, 0.2) is 38.9 Å². The van der Waals surface area contributed by atoms with Gasteiger partial charge in [0, 0.05) is 18.9 Å². The maximum absolute atomic E-state index is 12.8. The van der Waals surface area contributed by atoms with Crippen LogP contribution in [0, 0.1) is 6.92 Å². The van der Waals surface area contributed by atoms with Crippen LogP contribution in [0.25, 0.3) is 0 Å². The summed E-state index contributed by atoms with van der Waals surface area (Å²) in [6.45, 7) is 7.02. The zero-order valence-electron chi connectivity index (χ0n) is 14.4. The Morgan fingerprint density at radius 2 is 2.28 bits per heavy atom. The van der Waals surface area contributed by atoms with E-state index in [0.717, 1.165) is 17.9 Å². The fraction of sp³-hybridized carbons (Fsp3) is 0.333. The highest BCUT2D eigenvalue weighted by Crippen LogP contribution is 2.36. The van der Waals surface area contributed by atoms with Crippen LogP contribution in [0.5, 0.6) is 0 Å². The highest BCUT2D eigenvalue weighted by atomic mass is 16.4. The molecule has 7 heteroatoms. The van der Waals surface area contributed by atoms with Crippen LogP contribution in [0.1, 0.15) is 41.1 Å². The third-order valence-corrected chi connectivity index (χ3v) is 4.24. The molecule has 0 saturated heterocycles. The lowest BCUT2D eigenvalue weighted by molar-refractivity contribution is 0.0949. The van der Waals surface area contributed by atoms with Gasteiger partial charge in [-0.15, -0.1) is 0 Å². The van der Waals surface area contributed by atoms with E-state index in [9.17, 15) is 4.79 Å². The van der Waals surface area contributed by atoms with Crippen LogP contribution in [0.4, 0.5) is 5.88 Å². The second kappa shape index (κ2) is 5.54. The molecule has 0 unspecified atom stereocenters. The van der Waals surface area contributed by atoms with E-state index in [2.05, 4.69) is 29.1 Å². The molecule has 2 aliphatic rings. The summed E-state index contributed by atoms with van der Waals surface area (Å²) in [4.78, 5) is 27.9. The summed E-state index contributed by atoms with van der Waals surface area (Å²) < 4.78 is 5.71. The third kappa shape index (κ3) is 2.71. The molecule has 2 aromatic heterocycles. The van der Waals surface area contributed by atoms with E-state index < -0.39 is 0 Å². The number of amides is 1. The number of aliphatic imine (C=N–C) groups is 2. The molecule has 25 heavy (non-hydrogen) atoms. The van der Waals surface area contributed by atoms with Crippen molar-refractivity contribution in [2.75, 3.05) is 6.54 Å². The number of amidine groups is 1. The topological polar surface area (TPSA) is 83.1 Å². The Balaban J connectivity index is 1.67. The monoisotopic (exact) mass is 337 g/mol. The van der Waals surface area contributed by atoms with Crippen LogP contribution in [-0.2, 0) is 6.54 Å². The molecule has 0 fully saturated rings. The minimum atomic E-state index is -0.225. The lowest BCUT2D eigenvalue weighted by Crippen LogP contribution is -2.34. The number of aromatic nitrogens is 1. The normalized spacial score (nSPS) is 17.1. The minimum absolute atomic E-state index is 0.198. The van der Waals surface area contributed by atoms with Crippen molar-refractivity contribution >= 4 is 24.0 Å². The summed E-state index contributed by atoms with van der Waals surface area (Å²) >= 11 is 0. The standard InChI is InChI=1S/C18H19N5O2/c1-11-13(16(24)20-8-12-5-4-6-19-7-12)14-15-22-18(2,3)9-23(15)10-21-17(14)25-11/h4-7,10H,8-9H2,1-3H3,(H,20,24). The van der Waals surface area contributed by atoms with Crippen molar-refractivity contribution in [3.8, 4) is 0 Å². The summed E-state index contributed by atoms with van der Waals surface area (Å²) in [6, 6.07) is 3.76. The fourth-order valence-corrected chi connectivity index (χ4v) is 3.17. The fourth-order valence-electron chi connectivity index (χ4n) is 3.17. The summed E-state index contributed by atoms with van der Waals surface area (Å²) in [5.41, 5.74) is 1.88.